The molecule has 1 amide bonds. The normalized spacial score (nSPS) is 14.1. The highest BCUT2D eigenvalue weighted by molar-refractivity contribution is 7.13. The fourth-order valence-corrected chi connectivity index (χ4v) is 4.37. The predicted octanol–water partition coefficient (Wildman–Crippen LogP) is 4.55. The van der Waals surface area contributed by atoms with Crippen LogP contribution >= 0.6 is 11.3 Å². The Hall–Kier alpha value is -2.97. The molecular weight excluding hydrogens is 431 g/mol. The average Bonchev–Trinajstić information content (AvgIpc) is 3.50. The molecule has 2 aromatic carbocycles. The van der Waals surface area contributed by atoms with Crippen molar-refractivity contribution in [1.29, 1.82) is 0 Å². The van der Waals surface area contributed by atoms with Gasteiger partial charge in [-0.1, -0.05) is 18.2 Å². The summed E-state index contributed by atoms with van der Waals surface area (Å²) in [5.74, 6) is 0.948. The van der Waals surface area contributed by atoms with Gasteiger partial charge in [-0.3, -0.25) is 4.79 Å². The molecule has 1 fully saturated rings. The van der Waals surface area contributed by atoms with Gasteiger partial charge in [-0.2, -0.15) is 0 Å². The molecule has 1 N–H and O–H groups in total. The summed E-state index contributed by atoms with van der Waals surface area (Å²) in [5.41, 5.74) is 3.31. The van der Waals surface area contributed by atoms with Crippen molar-refractivity contribution in [2.24, 2.45) is 5.92 Å². The molecular formula is C24H25FN2O4S. The molecule has 0 bridgehead atoms. The van der Waals surface area contributed by atoms with Crippen molar-refractivity contribution >= 4 is 17.2 Å². The van der Waals surface area contributed by atoms with E-state index < -0.39 is 6.10 Å². The van der Waals surface area contributed by atoms with Gasteiger partial charge in [0.05, 0.1) is 37.3 Å². The van der Waals surface area contributed by atoms with E-state index in [-0.39, 0.29) is 18.3 Å². The van der Waals surface area contributed by atoms with Gasteiger partial charge < -0.3 is 19.5 Å². The van der Waals surface area contributed by atoms with Crippen LogP contribution < -0.4 is 9.47 Å². The number of rotatable bonds is 9. The molecule has 168 valence electrons. The molecule has 0 aliphatic heterocycles. The van der Waals surface area contributed by atoms with Crippen molar-refractivity contribution in [2.45, 2.75) is 18.9 Å². The summed E-state index contributed by atoms with van der Waals surface area (Å²) < 4.78 is 23.9. The lowest BCUT2D eigenvalue weighted by Gasteiger charge is -2.25. The average molecular weight is 457 g/mol. The molecule has 6 nitrogen and oxygen atoms in total. The lowest BCUT2D eigenvalue weighted by atomic mass is 10.1. The van der Waals surface area contributed by atoms with Crippen LogP contribution in [0, 0.1) is 11.7 Å². The minimum atomic E-state index is -0.898. The number of hydrogen-bond donors (Lipinski definition) is 1. The molecule has 1 aliphatic rings. The van der Waals surface area contributed by atoms with Crippen LogP contribution in [0.1, 0.15) is 35.0 Å². The number of nitrogens with zero attached hydrogens (tertiary/aromatic N) is 2. The van der Waals surface area contributed by atoms with Crippen LogP contribution in [-0.4, -0.2) is 48.2 Å². The largest absolute Gasteiger partial charge is 0.493 e. The summed E-state index contributed by atoms with van der Waals surface area (Å²) in [7, 11) is 3.09. The first-order valence-corrected chi connectivity index (χ1v) is 11.3. The van der Waals surface area contributed by atoms with E-state index in [1.807, 2.05) is 0 Å². The zero-order valence-corrected chi connectivity index (χ0v) is 18.8. The Morgan fingerprint density at radius 3 is 2.56 bits per heavy atom. The van der Waals surface area contributed by atoms with Crippen LogP contribution in [0.25, 0.3) is 10.4 Å². The van der Waals surface area contributed by atoms with Crippen LogP contribution in [0.2, 0.25) is 0 Å². The molecule has 1 saturated carbocycles. The van der Waals surface area contributed by atoms with Crippen LogP contribution in [0.5, 0.6) is 11.5 Å². The third kappa shape index (κ3) is 4.92. The van der Waals surface area contributed by atoms with Gasteiger partial charge in [-0.05, 0) is 54.2 Å². The SMILES string of the molecule is COc1ccc(C(O)CN(CC2CC2)C(=O)c2ncsc2-c2ccc(F)cc2)cc1OC. The third-order valence-corrected chi connectivity index (χ3v) is 6.40. The number of hydrogen-bond acceptors (Lipinski definition) is 6. The number of carbonyl (C=O) groups excluding carboxylic acids is 1. The Kier molecular flexibility index (Phi) is 6.72. The van der Waals surface area contributed by atoms with Crippen LogP contribution in [0.15, 0.2) is 48.0 Å². The Balaban J connectivity index is 1.57. The summed E-state index contributed by atoms with van der Waals surface area (Å²) in [5, 5.41) is 10.9. The molecule has 32 heavy (non-hydrogen) atoms. The summed E-state index contributed by atoms with van der Waals surface area (Å²) in [6.45, 7) is 0.689. The van der Waals surface area contributed by atoms with Crippen molar-refractivity contribution in [3.63, 3.8) is 0 Å². The van der Waals surface area contributed by atoms with Crippen molar-refractivity contribution in [1.82, 2.24) is 9.88 Å². The van der Waals surface area contributed by atoms with E-state index in [1.54, 1.807) is 47.9 Å². The van der Waals surface area contributed by atoms with Gasteiger partial charge in [-0.15, -0.1) is 11.3 Å². The lowest BCUT2D eigenvalue weighted by Crippen LogP contribution is -2.37. The Labute approximate surface area is 190 Å². The van der Waals surface area contributed by atoms with Crippen molar-refractivity contribution < 1.29 is 23.8 Å². The fourth-order valence-electron chi connectivity index (χ4n) is 3.58. The second kappa shape index (κ2) is 9.67. The first kappa shape index (κ1) is 22.2. The smallest absolute Gasteiger partial charge is 0.274 e. The van der Waals surface area contributed by atoms with E-state index >= 15 is 0 Å². The minimum absolute atomic E-state index is 0.130. The molecule has 1 atom stereocenters. The number of benzene rings is 2. The Bertz CT molecular complexity index is 1080. The van der Waals surface area contributed by atoms with Gasteiger partial charge in [0.2, 0.25) is 0 Å². The molecule has 4 rings (SSSR count). The van der Waals surface area contributed by atoms with E-state index in [0.29, 0.717) is 40.1 Å². The van der Waals surface area contributed by atoms with Crippen molar-refractivity contribution in [2.75, 3.05) is 27.3 Å². The molecule has 8 heteroatoms. The summed E-state index contributed by atoms with van der Waals surface area (Å²) >= 11 is 1.34. The van der Waals surface area contributed by atoms with E-state index in [9.17, 15) is 14.3 Å². The lowest BCUT2D eigenvalue weighted by molar-refractivity contribution is 0.0606. The van der Waals surface area contributed by atoms with Gasteiger partial charge in [0.15, 0.2) is 11.5 Å². The molecule has 1 unspecified atom stereocenters. The number of aliphatic hydroxyl groups excluding tert-OH is 1. The standard InChI is InChI=1S/C24H25FN2O4S/c1-30-20-10-7-17(11-21(20)31-2)19(28)13-27(12-15-3-4-15)24(29)22-23(32-14-26-22)16-5-8-18(25)9-6-16/h5-11,14-15,19,28H,3-4,12-13H2,1-2H3. The Morgan fingerprint density at radius 2 is 1.91 bits per heavy atom. The van der Waals surface area contributed by atoms with E-state index in [1.165, 1.54) is 30.6 Å². The Morgan fingerprint density at radius 1 is 1.19 bits per heavy atom. The number of aromatic nitrogens is 1. The van der Waals surface area contributed by atoms with Crippen LogP contribution in [0.4, 0.5) is 4.39 Å². The highest BCUT2D eigenvalue weighted by atomic mass is 32.1. The van der Waals surface area contributed by atoms with Gasteiger partial charge >= 0.3 is 0 Å². The topological polar surface area (TPSA) is 71.9 Å². The molecule has 0 spiro atoms. The summed E-state index contributed by atoms with van der Waals surface area (Å²) in [6, 6.07) is 11.2. The molecule has 0 saturated heterocycles. The molecule has 1 heterocycles. The monoisotopic (exact) mass is 456 g/mol. The second-order valence-corrected chi connectivity index (χ2v) is 8.68. The van der Waals surface area contributed by atoms with Gasteiger partial charge in [0, 0.05) is 6.54 Å². The van der Waals surface area contributed by atoms with Gasteiger partial charge in [-0.25, -0.2) is 9.37 Å². The summed E-state index contributed by atoms with van der Waals surface area (Å²) in [4.78, 5) is 20.1. The number of halogens is 1. The van der Waals surface area contributed by atoms with E-state index in [0.717, 1.165) is 18.4 Å². The maximum absolute atomic E-state index is 13.5. The predicted molar refractivity (Wildman–Crippen MR) is 121 cm³/mol. The first-order valence-electron chi connectivity index (χ1n) is 10.4. The number of carbonyl (C=O) groups is 1. The number of ether oxygens (including phenoxy) is 2. The molecule has 1 aliphatic carbocycles. The highest BCUT2D eigenvalue weighted by Crippen LogP contribution is 2.34. The maximum atomic E-state index is 13.5. The number of amides is 1. The van der Waals surface area contributed by atoms with Gasteiger partial charge in [0.1, 0.15) is 11.5 Å². The fraction of sp³-hybridized carbons (Fsp3) is 0.333. The first-order chi connectivity index (χ1) is 15.5. The highest BCUT2D eigenvalue weighted by Gasteiger charge is 2.31. The van der Waals surface area contributed by atoms with E-state index in [2.05, 4.69) is 4.98 Å². The zero-order chi connectivity index (χ0) is 22.7. The van der Waals surface area contributed by atoms with Crippen LogP contribution in [-0.2, 0) is 0 Å². The number of methoxy groups -OCH3 is 2. The maximum Gasteiger partial charge on any atom is 0.274 e. The number of thiazole rings is 1. The minimum Gasteiger partial charge on any atom is -0.493 e. The molecule has 0 radical (unpaired) electrons. The number of aliphatic hydroxyl groups is 1. The van der Waals surface area contributed by atoms with Crippen molar-refractivity contribution in [3.05, 3.63) is 65.0 Å². The van der Waals surface area contributed by atoms with Crippen LogP contribution in [0.3, 0.4) is 0 Å². The quantitative estimate of drug-likeness (QED) is 0.511. The molecule has 3 aromatic rings. The van der Waals surface area contributed by atoms with Gasteiger partial charge in [0.25, 0.3) is 5.91 Å². The molecule has 1 aromatic heterocycles. The van der Waals surface area contributed by atoms with Crippen molar-refractivity contribution in [3.8, 4) is 21.9 Å². The summed E-state index contributed by atoms with van der Waals surface area (Å²) in [6.07, 6.45) is 1.24. The second-order valence-electron chi connectivity index (χ2n) is 7.82. The van der Waals surface area contributed by atoms with E-state index in [4.69, 9.17) is 9.47 Å². The zero-order valence-electron chi connectivity index (χ0n) is 18.0. The third-order valence-electron chi connectivity index (χ3n) is 5.52.